The van der Waals surface area contributed by atoms with Gasteiger partial charge < -0.3 is 15.8 Å². The minimum atomic E-state index is -3.58. The molecule has 10 heteroatoms. The predicted octanol–water partition coefficient (Wildman–Crippen LogP) is 2.88. The molecule has 30 heavy (non-hydrogen) atoms. The van der Waals surface area contributed by atoms with Crippen LogP contribution in [0.3, 0.4) is 0 Å². The lowest BCUT2D eigenvalue weighted by Gasteiger charge is -2.21. The number of hydrogen-bond donors (Lipinski definition) is 2. The predicted molar refractivity (Wildman–Crippen MR) is 115 cm³/mol. The summed E-state index contributed by atoms with van der Waals surface area (Å²) in [6, 6.07) is 11.4. The molecule has 0 aliphatic rings. The first-order valence-corrected chi connectivity index (χ1v) is 11.7. The summed E-state index contributed by atoms with van der Waals surface area (Å²) in [5, 5.41) is 3.55. The highest BCUT2D eigenvalue weighted by atomic mass is 32.2. The number of aromatic nitrogens is 2. The van der Waals surface area contributed by atoms with Gasteiger partial charge in [0, 0.05) is 24.0 Å². The molecule has 1 heterocycles. The van der Waals surface area contributed by atoms with E-state index in [4.69, 9.17) is 10.5 Å². The SMILES string of the molecule is COc1ccc(S(=O)(=O)CC(Nc2nc(Cc3cccc(F)c3)ns2)C(C)N)cc1. The van der Waals surface area contributed by atoms with Crippen LogP contribution in [0.4, 0.5) is 9.52 Å². The van der Waals surface area contributed by atoms with Crippen molar-refractivity contribution in [3.63, 3.8) is 0 Å². The van der Waals surface area contributed by atoms with E-state index in [0.717, 1.165) is 17.1 Å². The molecule has 0 fully saturated rings. The average Bonchev–Trinajstić information content (AvgIpc) is 3.14. The molecule has 7 nitrogen and oxygen atoms in total. The summed E-state index contributed by atoms with van der Waals surface area (Å²) in [7, 11) is -2.06. The maximum atomic E-state index is 13.3. The van der Waals surface area contributed by atoms with Crippen molar-refractivity contribution in [2.75, 3.05) is 18.2 Å². The monoisotopic (exact) mass is 450 g/mol. The maximum absolute atomic E-state index is 13.3. The summed E-state index contributed by atoms with van der Waals surface area (Å²) in [5.41, 5.74) is 6.79. The zero-order valence-electron chi connectivity index (χ0n) is 16.6. The van der Waals surface area contributed by atoms with E-state index in [9.17, 15) is 12.8 Å². The van der Waals surface area contributed by atoms with Gasteiger partial charge in [-0.1, -0.05) is 12.1 Å². The minimum absolute atomic E-state index is 0.194. The molecule has 0 aliphatic heterocycles. The van der Waals surface area contributed by atoms with Crippen molar-refractivity contribution in [2.24, 2.45) is 5.73 Å². The van der Waals surface area contributed by atoms with Crippen LogP contribution < -0.4 is 15.8 Å². The Labute approximate surface area is 179 Å². The van der Waals surface area contributed by atoms with E-state index < -0.39 is 21.9 Å². The molecule has 2 atom stereocenters. The molecule has 1 aromatic heterocycles. The fraction of sp³-hybridized carbons (Fsp3) is 0.300. The van der Waals surface area contributed by atoms with Crippen molar-refractivity contribution in [2.45, 2.75) is 30.3 Å². The molecule has 3 aromatic rings. The fourth-order valence-corrected chi connectivity index (χ4v) is 5.06. The molecule has 3 N–H and O–H groups in total. The van der Waals surface area contributed by atoms with Gasteiger partial charge in [-0.25, -0.2) is 17.8 Å². The third-order valence-electron chi connectivity index (χ3n) is 4.48. The number of sulfone groups is 1. The first-order chi connectivity index (χ1) is 14.3. The molecule has 0 spiro atoms. The van der Waals surface area contributed by atoms with Crippen LogP contribution in [0.1, 0.15) is 18.3 Å². The topological polar surface area (TPSA) is 107 Å². The molecule has 0 saturated heterocycles. The first-order valence-electron chi connectivity index (χ1n) is 9.23. The smallest absolute Gasteiger partial charge is 0.202 e. The molecule has 0 bridgehead atoms. The quantitative estimate of drug-likeness (QED) is 0.516. The van der Waals surface area contributed by atoms with E-state index >= 15 is 0 Å². The fourth-order valence-electron chi connectivity index (χ4n) is 2.81. The lowest BCUT2D eigenvalue weighted by molar-refractivity contribution is 0.414. The molecule has 160 valence electrons. The Morgan fingerprint density at radius 2 is 1.97 bits per heavy atom. The van der Waals surface area contributed by atoms with Crippen LogP contribution in [0.25, 0.3) is 0 Å². The van der Waals surface area contributed by atoms with Crippen LogP contribution in [0, 0.1) is 5.82 Å². The van der Waals surface area contributed by atoms with E-state index in [1.54, 1.807) is 31.2 Å². The van der Waals surface area contributed by atoms with Gasteiger partial charge in [0.2, 0.25) is 5.13 Å². The van der Waals surface area contributed by atoms with Crippen LogP contribution in [-0.2, 0) is 16.3 Å². The summed E-state index contributed by atoms with van der Waals surface area (Å²) in [4.78, 5) is 4.58. The van der Waals surface area contributed by atoms with Crippen molar-refractivity contribution in [3.8, 4) is 5.75 Å². The summed E-state index contributed by atoms with van der Waals surface area (Å²) in [6.45, 7) is 1.73. The molecular weight excluding hydrogens is 427 g/mol. The molecule has 3 rings (SSSR count). The average molecular weight is 451 g/mol. The minimum Gasteiger partial charge on any atom is -0.497 e. The van der Waals surface area contributed by atoms with Crippen LogP contribution in [-0.4, -0.2) is 42.7 Å². The third-order valence-corrected chi connectivity index (χ3v) is 6.95. The van der Waals surface area contributed by atoms with Crippen LogP contribution in [0.2, 0.25) is 0 Å². The number of anilines is 1. The molecule has 2 aromatic carbocycles. The second-order valence-electron chi connectivity index (χ2n) is 6.89. The van der Waals surface area contributed by atoms with Crippen LogP contribution >= 0.6 is 11.5 Å². The number of hydrogen-bond acceptors (Lipinski definition) is 8. The Morgan fingerprint density at radius 3 is 2.60 bits per heavy atom. The van der Waals surface area contributed by atoms with Crippen LogP contribution in [0.15, 0.2) is 53.4 Å². The van der Waals surface area contributed by atoms with Gasteiger partial charge in [0.15, 0.2) is 9.84 Å². The van der Waals surface area contributed by atoms with Gasteiger partial charge in [0.1, 0.15) is 17.4 Å². The van der Waals surface area contributed by atoms with Crippen LogP contribution in [0.5, 0.6) is 5.75 Å². The van der Waals surface area contributed by atoms with Gasteiger partial charge in [0.05, 0.1) is 23.8 Å². The number of ether oxygens (including phenoxy) is 1. The van der Waals surface area contributed by atoms with Crippen molar-refractivity contribution in [3.05, 3.63) is 65.7 Å². The van der Waals surface area contributed by atoms with Crippen molar-refractivity contribution >= 4 is 26.5 Å². The standard InChI is InChI=1S/C20H23FN4O3S2/c1-13(22)18(12-30(26,27)17-8-6-16(28-2)7-9-17)23-20-24-19(25-29-20)11-14-4-3-5-15(21)10-14/h3-10,13,18H,11-12,22H2,1-2H3,(H,23,24,25). The highest BCUT2D eigenvalue weighted by Gasteiger charge is 2.25. The van der Waals surface area contributed by atoms with Crippen molar-refractivity contribution < 1.29 is 17.5 Å². The molecule has 0 aliphatic carbocycles. The Morgan fingerprint density at radius 1 is 1.23 bits per heavy atom. The van der Waals surface area contributed by atoms with Gasteiger partial charge >= 0.3 is 0 Å². The van der Waals surface area contributed by atoms with Crippen molar-refractivity contribution in [1.82, 2.24) is 9.36 Å². The van der Waals surface area contributed by atoms with E-state index in [2.05, 4.69) is 14.7 Å². The van der Waals surface area contributed by atoms with E-state index in [0.29, 0.717) is 23.1 Å². The maximum Gasteiger partial charge on any atom is 0.202 e. The number of nitrogens with one attached hydrogen (secondary N) is 1. The van der Waals surface area contributed by atoms with Crippen molar-refractivity contribution in [1.29, 1.82) is 0 Å². The van der Waals surface area contributed by atoms with Gasteiger partial charge in [0.25, 0.3) is 0 Å². The number of halogens is 1. The summed E-state index contributed by atoms with van der Waals surface area (Å²) in [5.74, 6) is 0.586. The normalized spacial score (nSPS) is 13.6. The van der Waals surface area contributed by atoms with E-state index in [-0.39, 0.29) is 16.5 Å². The number of nitrogens with two attached hydrogens (primary N) is 1. The zero-order chi connectivity index (χ0) is 21.7. The second kappa shape index (κ2) is 9.50. The number of benzene rings is 2. The first kappa shape index (κ1) is 22.1. The van der Waals surface area contributed by atoms with Gasteiger partial charge in [-0.2, -0.15) is 4.37 Å². The van der Waals surface area contributed by atoms with Gasteiger partial charge in [-0.15, -0.1) is 0 Å². The Kier molecular flexibility index (Phi) is 7.01. The second-order valence-corrected chi connectivity index (χ2v) is 9.68. The molecule has 0 saturated carbocycles. The van der Waals surface area contributed by atoms with Gasteiger partial charge in [-0.05, 0) is 48.9 Å². The highest BCUT2D eigenvalue weighted by Crippen LogP contribution is 2.20. The zero-order valence-corrected chi connectivity index (χ0v) is 18.2. The highest BCUT2D eigenvalue weighted by molar-refractivity contribution is 7.91. The summed E-state index contributed by atoms with van der Waals surface area (Å²) in [6.07, 6.45) is 0.378. The third kappa shape index (κ3) is 5.74. The number of methoxy groups -OCH3 is 1. The Bertz CT molecular complexity index is 1090. The lowest BCUT2D eigenvalue weighted by atomic mass is 10.1. The molecule has 0 amide bonds. The summed E-state index contributed by atoms with van der Waals surface area (Å²) >= 11 is 1.11. The summed E-state index contributed by atoms with van der Waals surface area (Å²) < 4.78 is 48.3. The number of nitrogens with zero attached hydrogens (tertiary/aromatic N) is 2. The molecule has 0 radical (unpaired) electrons. The van der Waals surface area contributed by atoms with Gasteiger partial charge in [-0.3, -0.25) is 0 Å². The molecular formula is C20H23FN4O3S2. The Balaban J connectivity index is 1.70. The van der Waals surface area contributed by atoms with E-state index in [1.165, 1.54) is 31.4 Å². The molecule has 2 unspecified atom stereocenters. The lowest BCUT2D eigenvalue weighted by Crippen LogP contribution is -2.43. The number of rotatable bonds is 9. The van der Waals surface area contributed by atoms with E-state index in [1.807, 2.05) is 0 Å². The Hall–Kier alpha value is -2.56. The largest absolute Gasteiger partial charge is 0.497 e.